The van der Waals surface area contributed by atoms with Crippen molar-refractivity contribution < 1.29 is 4.79 Å². The molecule has 0 radical (unpaired) electrons. The molecule has 1 spiro atoms. The summed E-state index contributed by atoms with van der Waals surface area (Å²) >= 11 is 6.03. The van der Waals surface area contributed by atoms with Crippen molar-refractivity contribution >= 4 is 23.6 Å². The van der Waals surface area contributed by atoms with Gasteiger partial charge in [0.1, 0.15) is 0 Å². The van der Waals surface area contributed by atoms with Gasteiger partial charge < -0.3 is 10.2 Å². The number of hydrogen-bond acceptors (Lipinski definition) is 2. The highest BCUT2D eigenvalue weighted by Crippen LogP contribution is 2.45. The van der Waals surface area contributed by atoms with Gasteiger partial charge in [0.25, 0.3) is 0 Å². The van der Waals surface area contributed by atoms with Crippen LogP contribution in [0.3, 0.4) is 0 Å². The first kappa shape index (κ1) is 20.8. The Morgan fingerprint density at radius 3 is 2.45 bits per heavy atom. The highest BCUT2D eigenvalue weighted by atomic mass is 35.5. The van der Waals surface area contributed by atoms with Gasteiger partial charge in [-0.3, -0.25) is 4.79 Å². The number of halogens is 1. The van der Waals surface area contributed by atoms with Crippen LogP contribution in [0.5, 0.6) is 0 Å². The second-order valence-corrected chi connectivity index (χ2v) is 9.91. The number of hydrogen-bond donors (Lipinski definition) is 1. The zero-order valence-electron chi connectivity index (χ0n) is 18.1. The molecule has 0 aromatic heterocycles. The lowest BCUT2D eigenvalue weighted by Gasteiger charge is -2.41. The molecule has 1 saturated carbocycles. The first-order chi connectivity index (χ1) is 15.1. The van der Waals surface area contributed by atoms with E-state index in [0.717, 1.165) is 62.4 Å². The molecule has 1 saturated heterocycles. The minimum absolute atomic E-state index is 0.186. The Labute approximate surface area is 190 Å². The van der Waals surface area contributed by atoms with Gasteiger partial charge in [0.05, 0.1) is 5.41 Å². The Morgan fingerprint density at radius 2 is 1.74 bits per heavy atom. The third kappa shape index (κ3) is 3.83. The molecule has 0 bridgehead atoms. The summed E-state index contributed by atoms with van der Waals surface area (Å²) in [5, 5.41) is 3.95. The molecule has 162 valence electrons. The summed E-state index contributed by atoms with van der Waals surface area (Å²) in [6, 6.07) is 16.6. The summed E-state index contributed by atoms with van der Waals surface area (Å²) in [6.45, 7) is 4.05. The molecule has 2 fully saturated rings. The number of carbonyl (C=O) groups is 1. The van der Waals surface area contributed by atoms with Gasteiger partial charge in [-0.15, -0.1) is 0 Å². The summed E-state index contributed by atoms with van der Waals surface area (Å²) < 4.78 is 0. The van der Waals surface area contributed by atoms with Crippen LogP contribution in [-0.2, 0) is 15.6 Å². The number of benzene rings is 2. The normalized spacial score (nSPS) is 20.9. The molecule has 3 aliphatic rings. The SMILES string of the molecule is O=C(NCCCN1CCC2(C=Cc3ccccc32)CC1)C1(c2ccc(Cl)cc2)CCC1. The van der Waals surface area contributed by atoms with Gasteiger partial charge in [0, 0.05) is 17.0 Å². The average Bonchev–Trinajstić information content (AvgIpc) is 3.11. The zero-order chi connectivity index (χ0) is 21.3. The number of nitrogens with zero attached hydrogens (tertiary/aromatic N) is 1. The van der Waals surface area contributed by atoms with Crippen LogP contribution in [0.2, 0.25) is 5.02 Å². The van der Waals surface area contributed by atoms with E-state index in [2.05, 4.69) is 46.6 Å². The van der Waals surface area contributed by atoms with E-state index < -0.39 is 0 Å². The van der Waals surface area contributed by atoms with Gasteiger partial charge >= 0.3 is 0 Å². The smallest absolute Gasteiger partial charge is 0.230 e. The monoisotopic (exact) mass is 434 g/mol. The summed E-state index contributed by atoms with van der Waals surface area (Å²) in [4.78, 5) is 15.6. The van der Waals surface area contributed by atoms with Crippen LogP contribution < -0.4 is 5.32 Å². The predicted molar refractivity (Wildman–Crippen MR) is 127 cm³/mol. The molecule has 0 atom stereocenters. The molecule has 31 heavy (non-hydrogen) atoms. The van der Waals surface area contributed by atoms with Crippen LogP contribution in [0.4, 0.5) is 0 Å². The predicted octanol–water partition coefficient (Wildman–Crippen LogP) is 5.33. The number of piperidine rings is 1. The Morgan fingerprint density at radius 1 is 1.00 bits per heavy atom. The maximum absolute atomic E-state index is 13.0. The summed E-state index contributed by atoms with van der Waals surface area (Å²) in [5.74, 6) is 0.186. The number of likely N-dealkylation sites (tertiary alicyclic amines) is 1. The number of fused-ring (bicyclic) bond motifs is 2. The van der Waals surface area contributed by atoms with Crippen LogP contribution in [0.1, 0.15) is 55.2 Å². The van der Waals surface area contributed by atoms with E-state index >= 15 is 0 Å². The average molecular weight is 435 g/mol. The van der Waals surface area contributed by atoms with E-state index in [-0.39, 0.29) is 16.7 Å². The molecule has 2 aromatic carbocycles. The molecule has 2 aliphatic carbocycles. The fourth-order valence-corrected chi connectivity index (χ4v) is 5.79. The van der Waals surface area contributed by atoms with Crippen LogP contribution in [-0.4, -0.2) is 37.0 Å². The maximum atomic E-state index is 13.0. The topological polar surface area (TPSA) is 32.3 Å². The molecular formula is C27H31ClN2O. The van der Waals surface area contributed by atoms with Crippen molar-refractivity contribution in [3.8, 4) is 0 Å². The lowest BCUT2D eigenvalue weighted by atomic mass is 9.64. The first-order valence-electron chi connectivity index (χ1n) is 11.7. The van der Waals surface area contributed by atoms with Crippen molar-refractivity contribution in [2.75, 3.05) is 26.2 Å². The van der Waals surface area contributed by atoms with E-state index in [9.17, 15) is 4.79 Å². The standard InChI is InChI=1S/C27H31ClN2O/c28-23-9-7-22(8-10-23)27(12-3-13-27)25(31)29-17-4-18-30-19-15-26(16-20-30)14-11-21-5-1-2-6-24(21)26/h1-2,5-11,14H,3-4,12-13,15-20H2,(H,29,31). The summed E-state index contributed by atoms with van der Waals surface area (Å²) in [5.41, 5.74) is 3.91. The minimum atomic E-state index is -0.343. The Hall–Kier alpha value is -2.10. The van der Waals surface area contributed by atoms with E-state index in [0.29, 0.717) is 0 Å². The maximum Gasteiger partial charge on any atom is 0.230 e. The third-order valence-electron chi connectivity index (χ3n) is 7.80. The highest BCUT2D eigenvalue weighted by Gasteiger charge is 2.45. The van der Waals surface area contributed by atoms with Crippen LogP contribution in [0, 0.1) is 0 Å². The van der Waals surface area contributed by atoms with Crippen molar-refractivity contribution in [2.45, 2.75) is 49.4 Å². The quantitative estimate of drug-likeness (QED) is 0.623. The lowest BCUT2D eigenvalue weighted by Crippen LogP contribution is -2.49. The zero-order valence-corrected chi connectivity index (χ0v) is 18.8. The molecule has 1 heterocycles. The van der Waals surface area contributed by atoms with E-state index in [1.807, 2.05) is 24.3 Å². The molecule has 1 amide bonds. The van der Waals surface area contributed by atoms with Crippen molar-refractivity contribution in [1.82, 2.24) is 10.2 Å². The Bertz CT molecular complexity index is 969. The van der Waals surface area contributed by atoms with Gasteiger partial charge in [-0.25, -0.2) is 0 Å². The van der Waals surface area contributed by atoms with Crippen LogP contribution in [0.15, 0.2) is 54.6 Å². The molecule has 5 rings (SSSR count). The second kappa shape index (κ2) is 8.44. The molecule has 4 heteroatoms. The summed E-state index contributed by atoms with van der Waals surface area (Å²) in [7, 11) is 0. The van der Waals surface area contributed by atoms with Crippen LogP contribution in [0.25, 0.3) is 6.08 Å². The minimum Gasteiger partial charge on any atom is -0.355 e. The number of rotatable bonds is 6. The van der Waals surface area contributed by atoms with E-state index in [1.54, 1.807) is 0 Å². The van der Waals surface area contributed by atoms with Gasteiger partial charge in [-0.05, 0) is 80.6 Å². The molecule has 2 aromatic rings. The second-order valence-electron chi connectivity index (χ2n) is 9.47. The van der Waals surface area contributed by atoms with Crippen molar-refractivity contribution in [3.05, 3.63) is 76.3 Å². The Balaban J connectivity index is 1.09. The number of amides is 1. The van der Waals surface area contributed by atoms with E-state index in [4.69, 9.17) is 11.6 Å². The van der Waals surface area contributed by atoms with E-state index in [1.165, 1.54) is 24.0 Å². The van der Waals surface area contributed by atoms with Crippen molar-refractivity contribution in [1.29, 1.82) is 0 Å². The molecule has 0 unspecified atom stereocenters. The number of nitrogens with one attached hydrogen (secondary N) is 1. The fourth-order valence-electron chi connectivity index (χ4n) is 5.67. The number of carbonyl (C=O) groups excluding carboxylic acids is 1. The van der Waals surface area contributed by atoms with Gasteiger partial charge in [-0.2, -0.15) is 0 Å². The lowest BCUT2D eigenvalue weighted by molar-refractivity contribution is -0.129. The molecule has 3 nitrogen and oxygen atoms in total. The third-order valence-corrected chi connectivity index (χ3v) is 8.05. The Kier molecular flexibility index (Phi) is 5.66. The molecule has 1 N–H and O–H groups in total. The first-order valence-corrected chi connectivity index (χ1v) is 12.0. The van der Waals surface area contributed by atoms with Gasteiger partial charge in [-0.1, -0.05) is 66.6 Å². The highest BCUT2D eigenvalue weighted by molar-refractivity contribution is 6.30. The largest absolute Gasteiger partial charge is 0.355 e. The number of allylic oxidation sites excluding steroid dienone is 1. The van der Waals surface area contributed by atoms with Gasteiger partial charge in [0.2, 0.25) is 5.91 Å². The van der Waals surface area contributed by atoms with Gasteiger partial charge in [0.15, 0.2) is 0 Å². The fraction of sp³-hybridized carbons (Fsp3) is 0.444. The van der Waals surface area contributed by atoms with Crippen molar-refractivity contribution in [3.63, 3.8) is 0 Å². The molecular weight excluding hydrogens is 404 g/mol. The summed E-state index contributed by atoms with van der Waals surface area (Å²) in [6.07, 6.45) is 11.1. The van der Waals surface area contributed by atoms with Crippen LogP contribution >= 0.6 is 11.6 Å². The molecule has 1 aliphatic heterocycles. The van der Waals surface area contributed by atoms with Crippen molar-refractivity contribution in [2.24, 2.45) is 0 Å².